The van der Waals surface area contributed by atoms with Gasteiger partial charge in [-0.2, -0.15) is 18.4 Å². The first-order valence-corrected chi connectivity index (χ1v) is 8.47. The highest BCUT2D eigenvalue weighted by Gasteiger charge is 2.42. The van der Waals surface area contributed by atoms with Gasteiger partial charge in [0.1, 0.15) is 5.82 Å². The van der Waals surface area contributed by atoms with Crippen molar-refractivity contribution in [1.29, 1.82) is 5.26 Å². The van der Waals surface area contributed by atoms with Gasteiger partial charge in [-0.1, -0.05) is 0 Å². The molecule has 1 fully saturated rings. The third-order valence-corrected chi connectivity index (χ3v) is 4.88. The summed E-state index contributed by atoms with van der Waals surface area (Å²) in [5, 5.41) is 8.92. The molecule has 7 heteroatoms. The van der Waals surface area contributed by atoms with E-state index < -0.39 is 12.1 Å². The molecule has 0 N–H and O–H groups in total. The maximum atomic E-state index is 12.9. The first kappa shape index (κ1) is 18.2. The second kappa shape index (κ2) is 6.94. The molecule has 1 saturated carbocycles. The monoisotopic (exact) mass is 361 g/mol. The van der Waals surface area contributed by atoms with E-state index in [4.69, 9.17) is 5.26 Å². The molecule has 1 heterocycles. The summed E-state index contributed by atoms with van der Waals surface area (Å²) >= 11 is 0. The Morgan fingerprint density at radius 3 is 2.31 bits per heavy atom. The van der Waals surface area contributed by atoms with Crippen molar-refractivity contribution in [2.24, 2.45) is 5.92 Å². The lowest BCUT2D eigenvalue weighted by Crippen LogP contribution is -2.30. The van der Waals surface area contributed by atoms with E-state index in [0.29, 0.717) is 35.6 Å². The number of benzene rings is 1. The van der Waals surface area contributed by atoms with Crippen molar-refractivity contribution in [2.45, 2.75) is 44.7 Å². The Kier molecular flexibility index (Phi) is 4.86. The van der Waals surface area contributed by atoms with E-state index in [1.807, 2.05) is 6.07 Å². The predicted molar refractivity (Wildman–Crippen MR) is 90.0 cm³/mol. The molecule has 2 aromatic rings. The number of alkyl halides is 3. The number of halogens is 3. The van der Waals surface area contributed by atoms with Crippen LogP contribution in [0, 0.1) is 24.2 Å². The minimum Gasteiger partial charge on any atom is -0.269 e. The summed E-state index contributed by atoms with van der Waals surface area (Å²) in [6, 6.07) is 9.94. The number of aromatic nitrogens is 2. The number of rotatable bonds is 2. The summed E-state index contributed by atoms with van der Waals surface area (Å²) in [5.74, 6) is -0.976. The molecular formula is C19H18F3N3O. The van der Waals surface area contributed by atoms with Crippen LogP contribution in [-0.4, -0.2) is 15.7 Å². The third-order valence-electron chi connectivity index (χ3n) is 4.88. The first-order valence-electron chi connectivity index (χ1n) is 8.47. The molecule has 0 saturated heterocycles. The van der Waals surface area contributed by atoms with Gasteiger partial charge in [-0.3, -0.25) is 9.36 Å². The van der Waals surface area contributed by atoms with Gasteiger partial charge >= 0.3 is 6.18 Å². The summed E-state index contributed by atoms with van der Waals surface area (Å²) in [4.78, 5) is 17.0. The predicted octanol–water partition coefficient (Wildman–Crippen LogP) is 4.25. The molecule has 0 unspecified atom stereocenters. The third kappa shape index (κ3) is 3.64. The molecule has 1 aromatic carbocycles. The highest BCUT2D eigenvalue weighted by Crippen LogP contribution is 2.42. The zero-order valence-corrected chi connectivity index (χ0v) is 14.3. The van der Waals surface area contributed by atoms with Crippen LogP contribution in [0.15, 0.2) is 35.1 Å². The highest BCUT2D eigenvalue weighted by atomic mass is 19.4. The SMILES string of the molecule is Cc1cc(=O)n(-c2ccc(C#N)cc2)c([C@H]2CC[C@@H](C(F)(F)F)CC2)n1. The van der Waals surface area contributed by atoms with Crippen LogP contribution in [0.4, 0.5) is 13.2 Å². The van der Waals surface area contributed by atoms with Crippen molar-refractivity contribution in [3.8, 4) is 11.8 Å². The maximum absolute atomic E-state index is 12.9. The van der Waals surface area contributed by atoms with E-state index in [9.17, 15) is 18.0 Å². The van der Waals surface area contributed by atoms with Crippen molar-refractivity contribution in [2.75, 3.05) is 0 Å². The van der Waals surface area contributed by atoms with Crippen LogP contribution in [0.5, 0.6) is 0 Å². The Bertz CT molecular complexity index is 886. The molecule has 0 amide bonds. The molecule has 1 aliphatic rings. The summed E-state index contributed by atoms with van der Waals surface area (Å²) < 4.78 is 40.2. The Morgan fingerprint density at radius 2 is 1.77 bits per heavy atom. The molecule has 0 atom stereocenters. The fourth-order valence-electron chi connectivity index (χ4n) is 3.52. The zero-order chi connectivity index (χ0) is 18.9. The van der Waals surface area contributed by atoms with E-state index in [-0.39, 0.29) is 24.3 Å². The summed E-state index contributed by atoms with van der Waals surface area (Å²) in [6.45, 7) is 1.70. The molecule has 136 valence electrons. The summed E-state index contributed by atoms with van der Waals surface area (Å²) in [6.07, 6.45) is -3.39. The number of nitriles is 1. The van der Waals surface area contributed by atoms with E-state index in [1.165, 1.54) is 10.6 Å². The second-order valence-corrected chi connectivity index (χ2v) is 6.68. The Morgan fingerprint density at radius 1 is 1.15 bits per heavy atom. The Balaban J connectivity index is 1.97. The number of hydrogen-bond acceptors (Lipinski definition) is 3. The van der Waals surface area contributed by atoms with Crippen LogP contribution >= 0.6 is 0 Å². The van der Waals surface area contributed by atoms with Gasteiger partial charge in [0.05, 0.1) is 23.2 Å². The van der Waals surface area contributed by atoms with Crippen molar-refractivity contribution >= 4 is 0 Å². The smallest absolute Gasteiger partial charge is 0.269 e. The molecule has 0 aliphatic heterocycles. The van der Waals surface area contributed by atoms with Crippen LogP contribution in [-0.2, 0) is 0 Å². The van der Waals surface area contributed by atoms with Gasteiger partial charge in [-0.15, -0.1) is 0 Å². The van der Waals surface area contributed by atoms with Gasteiger partial charge in [-0.05, 0) is 56.9 Å². The Hall–Kier alpha value is -2.62. The van der Waals surface area contributed by atoms with Gasteiger partial charge in [0.15, 0.2) is 0 Å². The molecule has 1 aliphatic carbocycles. The van der Waals surface area contributed by atoms with E-state index in [2.05, 4.69) is 4.98 Å². The minimum atomic E-state index is -4.17. The molecule has 3 rings (SSSR count). The topological polar surface area (TPSA) is 58.7 Å². The van der Waals surface area contributed by atoms with Crippen molar-refractivity contribution in [1.82, 2.24) is 9.55 Å². The second-order valence-electron chi connectivity index (χ2n) is 6.68. The lowest BCUT2D eigenvalue weighted by atomic mass is 9.81. The van der Waals surface area contributed by atoms with Gasteiger partial charge in [0, 0.05) is 17.7 Å². The van der Waals surface area contributed by atoms with E-state index in [1.54, 1.807) is 31.2 Å². The normalized spacial score (nSPS) is 20.6. The average molecular weight is 361 g/mol. The zero-order valence-electron chi connectivity index (χ0n) is 14.3. The lowest BCUT2D eigenvalue weighted by Gasteiger charge is -2.30. The molecule has 4 nitrogen and oxygen atoms in total. The molecule has 0 radical (unpaired) electrons. The molecule has 26 heavy (non-hydrogen) atoms. The number of aryl methyl sites for hydroxylation is 1. The largest absolute Gasteiger partial charge is 0.391 e. The average Bonchev–Trinajstić information content (AvgIpc) is 2.61. The number of hydrogen-bond donors (Lipinski definition) is 0. The van der Waals surface area contributed by atoms with Crippen LogP contribution in [0.1, 0.15) is 48.7 Å². The molecular weight excluding hydrogens is 343 g/mol. The standard InChI is InChI=1S/C19H18F3N3O/c1-12-10-17(26)25(16-8-2-13(11-23)3-9-16)18(24-12)14-4-6-15(7-5-14)19(20,21)22/h2-3,8-10,14-15H,4-7H2,1H3/t14-,15+. The Labute approximate surface area is 148 Å². The van der Waals surface area contributed by atoms with Crippen LogP contribution in [0.25, 0.3) is 5.69 Å². The molecule has 1 aromatic heterocycles. The highest BCUT2D eigenvalue weighted by molar-refractivity contribution is 5.40. The van der Waals surface area contributed by atoms with Gasteiger partial charge in [0.25, 0.3) is 5.56 Å². The van der Waals surface area contributed by atoms with E-state index in [0.717, 1.165) is 0 Å². The summed E-state index contributed by atoms with van der Waals surface area (Å²) in [7, 11) is 0. The van der Waals surface area contributed by atoms with Crippen LogP contribution in [0.2, 0.25) is 0 Å². The quantitative estimate of drug-likeness (QED) is 0.803. The number of nitrogens with zero attached hydrogens (tertiary/aromatic N) is 3. The lowest BCUT2D eigenvalue weighted by molar-refractivity contribution is -0.182. The van der Waals surface area contributed by atoms with Crippen molar-refractivity contribution in [3.63, 3.8) is 0 Å². The minimum absolute atomic E-state index is 0.0470. The maximum Gasteiger partial charge on any atom is 0.391 e. The van der Waals surface area contributed by atoms with Crippen molar-refractivity contribution < 1.29 is 13.2 Å². The van der Waals surface area contributed by atoms with Crippen LogP contribution in [0.3, 0.4) is 0 Å². The van der Waals surface area contributed by atoms with Crippen LogP contribution < -0.4 is 5.56 Å². The fraction of sp³-hybridized carbons (Fsp3) is 0.421. The van der Waals surface area contributed by atoms with Gasteiger partial charge in [-0.25, -0.2) is 4.98 Å². The molecule has 0 bridgehead atoms. The van der Waals surface area contributed by atoms with Gasteiger partial charge in [0.2, 0.25) is 0 Å². The first-order chi connectivity index (χ1) is 12.3. The van der Waals surface area contributed by atoms with Gasteiger partial charge < -0.3 is 0 Å². The summed E-state index contributed by atoms with van der Waals surface area (Å²) in [5.41, 5.74) is 1.31. The molecule has 0 spiro atoms. The fourth-order valence-corrected chi connectivity index (χ4v) is 3.52. The van der Waals surface area contributed by atoms with E-state index >= 15 is 0 Å². The van der Waals surface area contributed by atoms with Crippen molar-refractivity contribution in [3.05, 3.63) is 57.8 Å².